The molecule has 0 amide bonds. The number of rotatable bonds is 7. The first-order valence-corrected chi connectivity index (χ1v) is 7.55. The molecule has 0 bridgehead atoms. The minimum atomic E-state index is -3.22. The van der Waals surface area contributed by atoms with Gasteiger partial charge in [0.1, 0.15) is 0 Å². The Hall–Kier alpha value is -0.210. The molecular formula is C10H22N2O4S. The Bertz CT molecular complexity index is 299. The highest BCUT2D eigenvalue weighted by Crippen LogP contribution is 1.99. The summed E-state index contributed by atoms with van der Waals surface area (Å²) in [4.78, 5) is 0. The molecule has 0 aromatic heterocycles. The van der Waals surface area contributed by atoms with Crippen molar-refractivity contribution in [3.8, 4) is 0 Å². The van der Waals surface area contributed by atoms with Crippen LogP contribution >= 0.6 is 0 Å². The summed E-state index contributed by atoms with van der Waals surface area (Å²) in [5, 5.41) is 3.06. The molecule has 1 saturated heterocycles. The van der Waals surface area contributed by atoms with E-state index in [4.69, 9.17) is 9.47 Å². The molecule has 0 spiro atoms. The maximum atomic E-state index is 11.6. The van der Waals surface area contributed by atoms with Gasteiger partial charge >= 0.3 is 0 Å². The van der Waals surface area contributed by atoms with Gasteiger partial charge in [-0.2, -0.15) is 0 Å². The van der Waals surface area contributed by atoms with Crippen molar-refractivity contribution in [3.63, 3.8) is 0 Å². The maximum absolute atomic E-state index is 11.6. The SMILES string of the molecule is CC(C)NCCS(=O)(=O)NCC1COCCO1. The van der Waals surface area contributed by atoms with Gasteiger partial charge < -0.3 is 14.8 Å². The fraction of sp³-hybridized carbons (Fsp3) is 1.00. The third kappa shape index (κ3) is 6.95. The van der Waals surface area contributed by atoms with Crippen LogP contribution < -0.4 is 10.0 Å². The molecule has 6 nitrogen and oxygen atoms in total. The first-order chi connectivity index (χ1) is 7.99. The van der Waals surface area contributed by atoms with Crippen LogP contribution in [-0.4, -0.2) is 59.2 Å². The highest BCUT2D eigenvalue weighted by atomic mass is 32.2. The van der Waals surface area contributed by atoms with E-state index in [0.29, 0.717) is 32.4 Å². The smallest absolute Gasteiger partial charge is 0.212 e. The molecule has 0 aromatic rings. The molecule has 0 radical (unpaired) electrons. The van der Waals surface area contributed by atoms with Crippen molar-refractivity contribution in [3.05, 3.63) is 0 Å². The first-order valence-electron chi connectivity index (χ1n) is 5.89. The van der Waals surface area contributed by atoms with E-state index in [-0.39, 0.29) is 18.4 Å². The highest BCUT2D eigenvalue weighted by molar-refractivity contribution is 7.89. The van der Waals surface area contributed by atoms with Gasteiger partial charge in [-0.05, 0) is 0 Å². The van der Waals surface area contributed by atoms with Crippen LogP contribution in [0.25, 0.3) is 0 Å². The average Bonchev–Trinajstić information content (AvgIpc) is 2.27. The molecule has 1 aliphatic heterocycles. The Balaban J connectivity index is 2.19. The summed E-state index contributed by atoms with van der Waals surface area (Å²) in [6.45, 7) is 6.26. The van der Waals surface area contributed by atoms with Crippen molar-refractivity contribution in [2.75, 3.05) is 38.7 Å². The molecule has 17 heavy (non-hydrogen) atoms. The predicted molar refractivity (Wildman–Crippen MR) is 65.5 cm³/mol. The molecular weight excluding hydrogens is 244 g/mol. The molecule has 102 valence electrons. The lowest BCUT2D eigenvalue weighted by molar-refractivity contribution is -0.0846. The quantitative estimate of drug-likeness (QED) is 0.638. The number of hydrogen-bond acceptors (Lipinski definition) is 5. The standard InChI is InChI=1S/C10H22N2O4S/c1-9(2)11-3-6-17(13,14)12-7-10-8-15-4-5-16-10/h9-12H,3-8H2,1-2H3. The van der Waals surface area contributed by atoms with Gasteiger partial charge in [0.05, 0.1) is 31.7 Å². The van der Waals surface area contributed by atoms with Crippen molar-refractivity contribution in [2.45, 2.75) is 26.0 Å². The fourth-order valence-electron chi connectivity index (χ4n) is 1.43. The van der Waals surface area contributed by atoms with Crippen LogP contribution in [-0.2, 0) is 19.5 Å². The van der Waals surface area contributed by atoms with Gasteiger partial charge in [-0.15, -0.1) is 0 Å². The van der Waals surface area contributed by atoms with Gasteiger partial charge in [0.15, 0.2) is 0 Å². The predicted octanol–water partition coefficient (Wildman–Crippen LogP) is -0.681. The van der Waals surface area contributed by atoms with Gasteiger partial charge in [0, 0.05) is 19.1 Å². The van der Waals surface area contributed by atoms with E-state index in [1.165, 1.54) is 0 Å². The Morgan fingerprint density at radius 2 is 2.12 bits per heavy atom. The van der Waals surface area contributed by atoms with E-state index >= 15 is 0 Å². The molecule has 0 aromatic carbocycles. The first kappa shape index (κ1) is 14.8. The minimum absolute atomic E-state index is 0.0821. The molecule has 1 aliphatic rings. The van der Waals surface area contributed by atoms with Crippen LogP contribution in [0.1, 0.15) is 13.8 Å². The second-order valence-electron chi connectivity index (χ2n) is 4.34. The lowest BCUT2D eigenvalue weighted by Crippen LogP contribution is -2.42. The summed E-state index contributed by atoms with van der Waals surface area (Å²) in [6.07, 6.45) is -0.170. The summed E-state index contributed by atoms with van der Waals surface area (Å²) >= 11 is 0. The van der Waals surface area contributed by atoms with E-state index in [9.17, 15) is 8.42 Å². The Kier molecular flexibility index (Phi) is 6.35. The zero-order chi connectivity index (χ0) is 12.7. The third-order valence-corrected chi connectivity index (χ3v) is 3.69. The van der Waals surface area contributed by atoms with Crippen molar-refractivity contribution in [1.29, 1.82) is 0 Å². The second kappa shape index (κ2) is 7.27. The van der Waals surface area contributed by atoms with E-state index in [1.54, 1.807) is 0 Å². The van der Waals surface area contributed by atoms with E-state index in [0.717, 1.165) is 0 Å². The van der Waals surface area contributed by atoms with Gasteiger partial charge in [0.2, 0.25) is 10.0 Å². The van der Waals surface area contributed by atoms with Crippen LogP contribution in [0.5, 0.6) is 0 Å². The molecule has 1 heterocycles. The van der Waals surface area contributed by atoms with Crippen molar-refractivity contribution in [1.82, 2.24) is 10.0 Å². The third-order valence-electron chi connectivity index (χ3n) is 2.34. The summed E-state index contributed by atoms with van der Waals surface area (Å²) in [6, 6.07) is 0.292. The zero-order valence-electron chi connectivity index (χ0n) is 10.4. The molecule has 0 saturated carbocycles. The molecule has 2 N–H and O–H groups in total. The summed E-state index contributed by atoms with van der Waals surface area (Å²) in [7, 11) is -3.22. The number of sulfonamides is 1. The van der Waals surface area contributed by atoms with Crippen molar-refractivity contribution in [2.24, 2.45) is 0 Å². The van der Waals surface area contributed by atoms with Crippen molar-refractivity contribution < 1.29 is 17.9 Å². The summed E-state index contributed by atoms with van der Waals surface area (Å²) in [5.74, 6) is 0.0821. The second-order valence-corrected chi connectivity index (χ2v) is 6.27. The molecule has 1 atom stereocenters. The maximum Gasteiger partial charge on any atom is 0.212 e. The average molecular weight is 266 g/mol. The van der Waals surface area contributed by atoms with E-state index in [2.05, 4.69) is 10.0 Å². The number of nitrogens with one attached hydrogen (secondary N) is 2. The fourth-order valence-corrected chi connectivity index (χ4v) is 2.40. The van der Waals surface area contributed by atoms with Gasteiger partial charge in [-0.3, -0.25) is 0 Å². The van der Waals surface area contributed by atoms with E-state index in [1.807, 2.05) is 13.8 Å². The lowest BCUT2D eigenvalue weighted by Gasteiger charge is -2.23. The normalized spacial score (nSPS) is 21.9. The largest absolute Gasteiger partial charge is 0.376 e. The molecule has 7 heteroatoms. The summed E-state index contributed by atoms with van der Waals surface area (Å²) in [5.41, 5.74) is 0. The van der Waals surface area contributed by atoms with Gasteiger partial charge in [-0.25, -0.2) is 13.1 Å². The molecule has 1 unspecified atom stereocenters. The van der Waals surface area contributed by atoms with E-state index < -0.39 is 10.0 Å². The molecule has 0 aliphatic carbocycles. The lowest BCUT2D eigenvalue weighted by atomic mass is 10.3. The summed E-state index contributed by atoms with van der Waals surface area (Å²) < 4.78 is 36.3. The van der Waals surface area contributed by atoms with Gasteiger partial charge in [0.25, 0.3) is 0 Å². The Morgan fingerprint density at radius 3 is 2.71 bits per heavy atom. The zero-order valence-corrected chi connectivity index (χ0v) is 11.3. The molecule has 1 fully saturated rings. The van der Waals surface area contributed by atoms with Crippen LogP contribution in [0.2, 0.25) is 0 Å². The van der Waals surface area contributed by atoms with Crippen LogP contribution in [0.15, 0.2) is 0 Å². The van der Waals surface area contributed by atoms with Crippen LogP contribution in [0, 0.1) is 0 Å². The topological polar surface area (TPSA) is 76.7 Å². The Morgan fingerprint density at radius 1 is 1.35 bits per heavy atom. The number of hydrogen-bond donors (Lipinski definition) is 2. The molecule has 1 rings (SSSR count). The minimum Gasteiger partial charge on any atom is -0.376 e. The van der Waals surface area contributed by atoms with Gasteiger partial charge in [-0.1, -0.05) is 13.8 Å². The van der Waals surface area contributed by atoms with Crippen molar-refractivity contribution >= 4 is 10.0 Å². The number of ether oxygens (including phenoxy) is 2. The van der Waals surface area contributed by atoms with Crippen LogP contribution in [0.4, 0.5) is 0 Å². The highest BCUT2D eigenvalue weighted by Gasteiger charge is 2.17. The van der Waals surface area contributed by atoms with Crippen LogP contribution in [0.3, 0.4) is 0 Å². The Labute approximate surface area is 103 Å². The monoisotopic (exact) mass is 266 g/mol.